The standard InChI is InChI=1S/C24H27ClN8O3.C2HF3O2/c1-3-36-24(35)14-5-9-32(10-6-14)20-15(11-17(25)16-12-28-30-19(16)20)13(2)29-23(34)18-21(26)31-33-8-4-7-27-22(18)33;3-2(4,5)1(6)7/h4,7-8,11-14H,3,5-6,9-10H2,1-2H3,(H2,26,31)(H,28,30)(H,29,34);(H,6,7). The lowest BCUT2D eigenvalue weighted by atomic mass is 9.94. The van der Waals surface area contributed by atoms with Crippen molar-refractivity contribution in [2.75, 3.05) is 30.3 Å². The molecule has 0 radical (unpaired) electrons. The van der Waals surface area contributed by atoms with E-state index in [1.54, 1.807) is 24.7 Å². The Labute approximate surface area is 247 Å². The summed E-state index contributed by atoms with van der Waals surface area (Å²) in [6, 6.07) is 3.14. The van der Waals surface area contributed by atoms with Crippen LogP contribution in [-0.2, 0) is 14.3 Å². The number of carbonyl (C=O) groups excluding carboxylic acids is 2. The molecule has 230 valence electrons. The van der Waals surface area contributed by atoms with Gasteiger partial charge < -0.3 is 25.8 Å². The van der Waals surface area contributed by atoms with Crippen molar-refractivity contribution in [2.24, 2.45) is 5.92 Å². The zero-order valence-electron chi connectivity index (χ0n) is 23.0. The number of aromatic nitrogens is 5. The van der Waals surface area contributed by atoms with Crippen molar-refractivity contribution in [3.8, 4) is 0 Å². The van der Waals surface area contributed by atoms with Crippen molar-refractivity contribution in [2.45, 2.75) is 38.9 Å². The van der Waals surface area contributed by atoms with Gasteiger partial charge in [-0.3, -0.25) is 14.7 Å². The van der Waals surface area contributed by atoms with E-state index in [1.807, 2.05) is 19.9 Å². The predicted octanol–water partition coefficient (Wildman–Crippen LogP) is 3.75. The molecule has 0 spiro atoms. The number of ether oxygens (including phenoxy) is 1. The van der Waals surface area contributed by atoms with Crippen LogP contribution in [0.15, 0.2) is 30.7 Å². The summed E-state index contributed by atoms with van der Waals surface area (Å²) in [6.45, 7) is 5.37. The van der Waals surface area contributed by atoms with Gasteiger partial charge in [0.15, 0.2) is 11.5 Å². The van der Waals surface area contributed by atoms with Crippen molar-refractivity contribution in [3.05, 3.63) is 46.9 Å². The number of H-pyrrole nitrogens is 1. The van der Waals surface area contributed by atoms with E-state index in [0.717, 1.165) is 22.2 Å². The lowest BCUT2D eigenvalue weighted by molar-refractivity contribution is -0.192. The summed E-state index contributed by atoms with van der Waals surface area (Å²) in [4.78, 5) is 40.9. The molecule has 1 fully saturated rings. The lowest BCUT2D eigenvalue weighted by Gasteiger charge is -2.35. The normalized spacial score (nSPS) is 14.7. The van der Waals surface area contributed by atoms with E-state index < -0.39 is 18.2 Å². The van der Waals surface area contributed by atoms with Crippen LogP contribution in [0.4, 0.5) is 24.7 Å². The number of rotatable bonds is 6. The number of nitrogen functional groups attached to an aromatic ring is 1. The number of halogens is 4. The highest BCUT2D eigenvalue weighted by atomic mass is 35.5. The quantitative estimate of drug-likeness (QED) is 0.231. The highest BCUT2D eigenvalue weighted by molar-refractivity contribution is 6.36. The van der Waals surface area contributed by atoms with Gasteiger partial charge in [-0.2, -0.15) is 18.3 Å². The summed E-state index contributed by atoms with van der Waals surface area (Å²) in [6.07, 6.45) is 1.21. The second-order valence-electron chi connectivity index (χ2n) is 9.61. The highest BCUT2D eigenvalue weighted by Gasteiger charge is 2.38. The summed E-state index contributed by atoms with van der Waals surface area (Å²) < 4.78 is 38.4. The number of nitrogens with zero attached hydrogens (tertiary/aromatic N) is 5. The molecule has 0 bridgehead atoms. The summed E-state index contributed by atoms with van der Waals surface area (Å²) in [5, 5.41) is 22.9. The van der Waals surface area contributed by atoms with Crippen LogP contribution in [0.1, 0.15) is 48.7 Å². The number of fused-ring (bicyclic) bond motifs is 2. The Balaban J connectivity index is 0.000000541. The van der Waals surface area contributed by atoms with Gasteiger partial charge in [0.05, 0.1) is 41.0 Å². The number of amides is 1. The first-order valence-corrected chi connectivity index (χ1v) is 13.5. The molecule has 3 aromatic heterocycles. The molecule has 1 atom stereocenters. The van der Waals surface area contributed by atoms with E-state index in [0.29, 0.717) is 43.2 Å². The monoisotopic (exact) mass is 624 g/mol. The van der Waals surface area contributed by atoms with Gasteiger partial charge in [-0.15, -0.1) is 5.10 Å². The fourth-order valence-corrected chi connectivity index (χ4v) is 5.07. The van der Waals surface area contributed by atoms with Crippen molar-refractivity contribution >= 4 is 57.5 Å². The molecule has 13 nitrogen and oxygen atoms in total. The van der Waals surface area contributed by atoms with Gasteiger partial charge in [0.1, 0.15) is 5.56 Å². The molecule has 4 aromatic rings. The van der Waals surface area contributed by atoms with Crippen molar-refractivity contribution < 1.29 is 37.4 Å². The zero-order valence-corrected chi connectivity index (χ0v) is 23.7. The first kappa shape index (κ1) is 31.3. The number of hydrogen-bond donors (Lipinski definition) is 4. The van der Waals surface area contributed by atoms with Crippen molar-refractivity contribution in [1.29, 1.82) is 0 Å². The number of carbonyl (C=O) groups is 3. The van der Waals surface area contributed by atoms with E-state index in [1.165, 1.54) is 4.52 Å². The maximum Gasteiger partial charge on any atom is 0.490 e. The SMILES string of the molecule is CCOC(=O)C1CCN(c2c(C(C)NC(=O)c3c(N)nn4cccnc34)cc(Cl)c3cn[nH]c23)CC1.O=C(O)C(F)(F)F. The van der Waals surface area contributed by atoms with Crippen LogP contribution in [0.25, 0.3) is 16.6 Å². The molecule has 1 amide bonds. The van der Waals surface area contributed by atoms with E-state index >= 15 is 0 Å². The van der Waals surface area contributed by atoms with Crippen molar-refractivity contribution in [3.63, 3.8) is 0 Å². The van der Waals surface area contributed by atoms with E-state index in [4.69, 9.17) is 32.0 Å². The number of carboxylic acid groups (broad SMARTS) is 1. The maximum atomic E-state index is 13.3. The molecule has 1 aliphatic heterocycles. The van der Waals surface area contributed by atoms with Gasteiger partial charge in [0, 0.05) is 36.4 Å². The van der Waals surface area contributed by atoms with Crippen LogP contribution < -0.4 is 16.0 Å². The number of carboxylic acids is 1. The summed E-state index contributed by atoms with van der Waals surface area (Å²) in [5.41, 5.74) is 9.14. The summed E-state index contributed by atoms with van der Waals surface area (Å²) in [5.74, 6) is -3.33. The minimum atomic E-state index is -5.08. The van der Waals surface area contributed by atoms with Crippen LogP contribution in [-0.4, -0.2) is 73.6 Å². The fourth-order valence-electron chi connectivity index (χ4n) is 4.81. The Morgan fingerprint density at radius 2 is 1.98 bits per heavy atom. The van der Waals surface area contributed by atoms with Crippen LogP contribution in [0.5, 0.6) is 0 Å². The summed E-state index contributed by atoms with van der Waals surface area (Å²) >= 11 is 6.60. The number of alkyl halides is 3. The molecule has 1 unspecified atom stereocenters. The molecule has 4 heterocycles. The van der Waals surface area contributed by atoms with E-state index in [2.05, 4.69) is 30.5 Å². The van der Waals surface area contributed by atoms with E-state index in [-0.39, 0.29) is 29.2 Å². The molecule has 0 aliphatic carbocycles. The Bertz CT molecular complexity index is 1650. The lowest BCUT2D eigenvalue weighted by Crippen LogP contribution is -2.38. The first-order chi connectivity index (χ1) is 20.3. The zero-order chi connectivity index (χ0) is 31.5. The number of nitrogens with two attached hydrogens (primary N) is 1. The number of esters is 1. The Morgan fingerprint density at radius 3 is 2.60 bits per heavy atom. The van der Waals surface area contributed by atoms with Crippen LogP contribution in [0.3, 0.4) is 0 Å². The van der Waals surface area contributed by atoms with E-state index in [9.17, 15) is 22.8 Å². The smallest absolute Gasteiger partial charge is 0.475 e. The molecule has 1 saturated heterocycles. The molecular formula is C26H28ClF3N8O5. The third kappa shape index (κ3) is 6.74. The number of aliphatic carboxylic acids is 1. The second kappa shape index (κ2) is 12.7. The molecule has 17 heteroatoms. The Kier molecular flexibility index (Phi) is 9.27. The third-order valence-corrected chi connectivity index (χ3v) is 7.14. The third-order valence-electron chi connectivity index (χ3n) is 6.83. The number of anilines is 2. The molecular weight excluding hydrogens is 597 g/mol. The number of benzene rings is 1. The van der Waals surface area contributed by atoms with Crippen LogP contribution >= 0.6 is 11.6 Å². The number of nitrogens with one attached hydrogen (secondary N) is 2. The number of hydrogen-bond acceptors (Lipinski definition) is 9. The average Bonchev–Trinajstić information content (AvgIpc) is 3.57. The van der Waals surface area contributed by atoms with Gasteiger partial charge in [-0.1, -0.05) is 11.6 Å². The molecule has 5 rings (SSSR count). The predicted molar refractivity (Wildman–Crippen MR) is 150 cm³/mol. The first-order valence-electron chi connectivity index (χ1n) is 13.1. The largest absolute Gasteiger partial charge is 0.490 e. The number of piperidine rings is 1. The van der Waals surface area contributed by atoms with Crippen LogP contribution in [0.2, 0.25) is 5.02 Å². The minimum Gasteiger partial charge on any atom is -0.475 e. The molecule has 1 aromatic carbocycles. The topological polar surface area (TPSA) is 181 Å². The summed E-state index contributed by atoms with van der Waals surface area (Å²) in [7, 11) is 0. The molecule has 43 heavy (non-hydrogen) atoms. The molecule has 1 aliphatic rings. The Morgan fingerprint density at radius 1 is 1.30 bits per heavy atom. The maximum absolute atomic E-state index is 13.3. The fraction of sp³-hybridized carbons (Fsp3) is 0.385. The van der Waals surface area contributed by atoms with Gasteiger partial charge >= 0.3 is 18.1 Å². The minimum absolute atomic E-state index is 0.0988. The highest BCUT2D eigenvalue weighted by Crippen LogP contribution is 2.39. The molecule has 5 N–H and O–H groups in total. The van der Waals surface area contributed by atoms with Crippen molar-refractivity contribution in [1.82, 2.24) is 30.1 Å². The van der Waals surface area contributed by atoms with Gasteiger partial charge in [0.25, 0.3) is 5.91 Å². The average molecular weight is 625 g/mol. The van der Waals surface area contributed by atoms with Crippen LogP contribution in [0, 0.1) is 5.92 Å². The number of aromatic amines is 1. The van der Waals surface area contributed by atoms with Gasteiger partial charge in [-0.05, 0) is 38.8 Å². The van der Waals surface area contributed by atoms with Gasteiger partial charge in [-0.25, -0.2) is 14.3 Å². The second-order valence-corrected chi connectivity index (χ2v) is 10.0. The molecule has 0 saturated carbocycles. The van der Waals surface area contributed by atoms with Gasteiger partial charge in [0.2, 0.25) is 0 Å². The Hall–Kier alpha value is -4.60.